The molecule has 1 aromatic carbocycles. The van der Waals surface area contributed by atoms with E-state index in [9.17, 15) is 34.2 Å². The second-order valence-corrected chi connectivity index (χ2v) is 9.55. The van der Waals surface area contributed by atoms with Crippen molar-refractivity contribution >= 4 is 41.1 Å². The Morgan fingerprint density at radius 2 is 1.66 bits per heavy atom. The van der Waals surface area contributed by atoms with E-state index in [1.54, 1.807) is 37.3 Å². The summed E-state index contributed by atoms with van der Waals surface area (Å²) < 4.78 is 0. The summed E-state index contributed by atoms with van der Waals surface area (Å²) in [5, 5.41) is 30.1. The number of benzene rings is 1. The summed E-state index contributed by atoms with van der Waals surface area (Å²) in [6.45, 7) is 2.17. The molecule has 0 aliphatic carbocycles. The summed E-state index contributed by atoms with van der Waals surface area (Å²) >= 11 is 6.26. The zero-order valence-corrected chi connectivity index (χ0v) is 21.8. The van der Waals surface area contributed by atoms with Gasteiger partial charge in [0.2, 0.25) is 23.6 Å². The molecule has 0 bridgehead atoms. The number of nitrogens with zero attached hydrogens (tertiary/aromatic N) is 1. The molecule has 12 nitrogen and oxygen atoms in total. The molecule has 2 aliphatic rings. The molecule has 0 aromatic heterocycles. The number of amides is 5. The number of hydrogen-bond acceptors (Lipinski definition) is 7. The Morgan fingerprint density at radius 3 is 2.26 bits per heavy atom. The maximum absolute atomic E-state index is 13.4. The number of halogens is 1. The van der Waals surface area contributed by atoms with Gasteiger partial charge in [-0.2, -0.15) is 0 Å². The topological polar surface area (TPSA) is 177 Å². The quantitative estimate of drug-likeness (QED) is 0.265. The summed E-state index contributed by atoms with van der Waals surface area (Å²) in [6, 6.07) is 2.65. The van der Waals surface area contributed by atoms with Crippen LogP contribution in [-0.2, 0) is 24.0 Å². The van der Waals surface area contributed by atoms with E-state index in [2.05, 4.69) is 21.3 Å². The highest BCUT2D eigenvalue weighted by atomic mass is 35.5. The predicted octanol–water partition coefficient (Wildman–Crippen LogP) is -0.834. The Bertz CT molecular complexity index is 1100. The van der Waals surface area contributed by atoms with Gasteiger partial charge in [0.25, 0.3) is 5.91 Å². The first kappa shape index (κ1) is 29.1. The maximum atomic E-state index is 13.4. The largest absolute Gasteiger partial charge is 0.394 e. The van der Waals surface area contributed by atoms with Gasteiger partial charge in [-0.3, -0.25) is 28.9 Å². The average Bonchev–Trinajstić information content (AvgIpc) is 3.28. The van der Waals surface area contributed by atoms with Gasteiger partial charge in [-0.25, -0.2) is 0 Å². The van der Waals surface area contributed by atoms with Crippen molar-refractivity contribution in [1.29, 1.82) is 0 Å². The first-order valence-corrected chi connectivity index (χ1v) is 12.7. The minimum atomic E-state index is -1.50. The number of aliphatic hydroxyl groups excluding tert-OH is 2. The van der Waals surface area contributed by atoms with Crippen molar-refractivity contribution in [3.05, 3.63) is 47.1 Å². The average molecular weight is 550 g/mol. The van der Waals surface area contributed by atoms with E-state index in [1.165, 1.54) is 13.0 Å². The van der Waals surface area contributed by atoms with Crippen LogP contribution in [0, 0.1) is 0 Å². The molecule has 38 heavy (non-hydrogen) atoms. The zero-order valence-electron chi connectivity index (χ0n) is 21.0. The highest BCUT2D eigenvalue weighted by Gasteiger charge is 2.41. The Balaban J connectivity index is 2.01. The molecule has 2 aliphatic heterocycles. The number of nitrogens with one attached hydrogen (secondary N) is 4. The minimum absolute atomic E-state index is 0.00298. The van der Waals surface area contributed by atoms with E-state index in [-0.39, 0.29) is 24.4 Å². The lowest BCUT2D eigenvalue weighted by Gasteiger charge is -2.31. The molecule has 6 N–H and O–H groups in total. The molecule has 5 amide bonds. The first-order chi connectivity index (χ1) is 18.1. The smallest absolute Gasteiger partial charge is 0.250 e. The van der Waals surface area contributed by atoms with Crippen molar-refractivity contribution in [2.24, 2.45) is 0 Å². The third-order valence-electron chi connectivity index (χ3n) is 6.42. The van der Waals surface area contributed by atoms with Gasteiger partial charge in [0.1, 0.15) is 29.3 Å². The number of rotatable bonds is 4. The molecule has 2 heterocycles. The molecule has 6 unspecified atom stereocenters. The van der Waals surface area contributed by atoms with E-state index in [0.717, 1.165) is 4.90 Å². The summed E-state index contributed by atoms with van der Waals surface area (Å²) in [6.07, 6.45) is 0.0728. The van der Waals surface area contributed by atoms with Crippen LogP contribution >= 0.6 is 11.6 Å². The van der Waals surface area contributed by atoms with Crippen LogP contribution in [0.5, 0.6) is 0 Å². The Kier molecular flexibility index (Phi) is 9.84. The van der Waals surface area contributed by atoms with Crippen molar-refractivity contribution in [2.45, 2.75) is 69.4 Å². The monoisotopic (exact) mass is 549 g/mol. The number of aliphatic hydroxyl groups is 2. The molecule has 1 saturated heterocycles. The maximum Gasteiger partial charge on any atom is 0.250 e. The summed E-state index contributed by atoms with van der Waals surface area (Å²) in [4.78, 5) is 66.6. The molecule has 3 rings (SSSR count). The number of carbonyl (C=O) groups is 5. The molecule has 13 heteroatoms. The van der Waals surface area contributed by atoms with Gasteiger partial charge in [-0.1, -0.05) is 48.9 Å². The van der Waals surface area contributed by atoms with E-state index < -0.39 is 72.5 Å². The first-order valence-electron chi connectivity index (χ1n) is 12.3. The normalized spacial score (nSPS) is 28.4. The van der Waals surface area contributed by atoms with E-state index in [0.29, 0.717) is 5.56 Å². The minimum Gasteiger partial charge on any atom is -0.394 e. The molecule has 206 valence electrons. The second-order valence-electron chi connectivity index (χ2n) is 9.16. The standard InChI is InChI=1S/C25H32ClN5O7/c1-3-15-25(38)31-18(9-10-19(31)26)23(36)30-21(13(2)33)24(37)29-17(12-32)22(35)28-16(11-20(34)27-15)14-7-5-4-6-8-14/h4-8,10,13,15-18,21,32-33H,3,9,11-12H2,1-2H3,(H,27,34)(H,28,35)(H,29,37)(H,30,36). The van der Waals surface area contributed by atoms with Gasteiger partial charge >= 0.3 is 0 Å². The lowest BCUT2D eigenvalue weighted by molar-refractivity contribution is -0.142. The molecular weight excluding hydrogens is 518 g/mol. The highest BCUT2D eigenvalue weighted by Crippen LogP contribution is 2.27. The summed E-state index contributed by atoms with van der Waals surface area (Å²) in [5.41, 5.74) is 0.583. The Labute approximate surface area is 224 Å². The van der Waals surface area contributed by atoms with Crippen LogP contribution < -0.4 is 21.3 Å². The molecule has 1 aromatic rings. The van der Waals surface area contributed by atoms with Crippen LogP contribution in [0.25, 0.3) is 0 Å². The number of carbonyl (C=O) groups excluding carboxylic acids is 5. The van der Waals surface area contributed by atoms with Gasteiger partial charge in [-0.15, -0.1) is 0 Å². The molecule has 6 atom stereocenters. The van der Waals surface area contributed by atoms with Crippen LogP contribution in [0.1, 0.15) is 44.7 Å². The van der Waals surface area contributed by atoms with Gasteiger partial charge in [0, 0.05) is 0 Å². The third-order valence-corrected chi connectivity index (χ3v) is 6.76. The fourth-order valence-electron chi connectivity index (χ4n) is 4.31. The number of hydrogen-bond donors (Lipinski definition) is 6. The fourth-order valence-corrected chi connectivity index (χ4v) is 4.60. The van der Waals surface area contributed by atoms with Crippen LogP contribution in [-0.4, -0.2) is 81.5 Å². The van der Waals surface area contributed by atoms with Crippen LogP contribution in [0.15, 0.2) is 41.6 Å². The predicted molar refractivity (Wildman–Crippen MR) is 136 cm³/mol. The van der Waals surface area contributed by atoms with Crippen molar-refractivity contribution in [3.8, 4) is 0 Å². The number of fused-ring (bicyclic) bond motifs is 1. The van der Waals surface area contributed by atoms with Crippen LogP contribution in [0.3, 0.4) is 0 Å². The van der Waals surface area contributed by atoms with Gasteiger partial charge in [-0.05, 0) is 31.4 Å². The molecule has 0 saturated carbocycles. The Morgan fingerprint density at radius 1 is 0.974 bits per heavy atom. The second kappa shape index (κ2) is 12.9. The van der Waals surface area contributed by atoms with Crippen molar-refractivity contribution < 1.29 is 34.2 Å². The summed E-state index contributed by atoms with van der Waals surface area (Å²) in [5.74, 6) is -3.65. The molecular formula is C25H32ClN5O7. The third kappa shape index (κ3) is 6.69. The van der Waals surface area contributed by atoms with Crippen molar-refractivity contribution in [2.75, 3.05) is 6.61 Å². The van der Waals surface area contributed by atoms with Crippen molar-refractivity contribution in [1.82, 2.24) is 26.2 Å². The van der Waals surface area contributed by atoms with E-state index in [1.807, 2.05) is 0 Å². The Hall–Kier alpha value is -3.48. The lowest BCUT2D eigenvalue weighted by atomic mass is 10.0. The fraction of sp³-hybridized carbons (Fsp3) is 0.480. The molecule has 0 spiro atoms. The van der Waals surface area contributed by atoms with Crippen molar-refractivity contribution in [3.63, 3.8) is 0 Å². The molecule has 1 fully saturated rings. The van der Waals surface area contributed by atoms with Gasteiger partial charge in [0.05, 0.1) is 25.2 Å². The zero-order chi connectivity index (χ0) is 28.0. The van der Waals surface area contributed by atoms with Crippen LogP contribution in [0.2, 0.25) is 0 Å². The molecule has 0 radical (unpaired) electrons. The van der Waals surface area contributed by atoms with Gasteiger partial charge < -0.3 is 31.5 Å². The summed E-state index contributed by atoms with van der Waals surface area (Å²) in [7, 11) is 0. The van der Waals surface area contributed by atoms with Crippen LogP contribution in [0.4, 0.5) is 0 Å². The van der Waals surface area contributed by atoms with Gasteiger partial charge in [0.15, 0.2) is 0 Å². The highest BCUT2D eigenvalue weighted by molar-refractivity contribution is 6.31. The van der Waals surface area contributed by atoms with E-state index in [4.69, 9.17) is 11.6 Å². The SMILES string of the molecule is CCC1NC(=O)CC(c2ccccc2)NC(=O)C(CO)NC(=O)C(C(C)O)NC(=O)C2CC=C(Cl)N2C1=O. The van der Waals surface area contributed by atoms with E-state index >= 15 is 0 Å². The lowest BCUT2D eigenvalue weighted by Crippen LogP contribution is -2.61.